The van der Waals surface area contributed by atoms with Crippen molar-refractivity contribution >= 4 is 0 Å². The molecule has 15 heavy (non-hydrogen) atoms. The Kier molecular flexibility index (Phi) is 3.89. The molecule has 0 aliphatic rings. The Morgan fingerprint density at radius 1 is 1.27 bits per heavy atom. The van der Waals surface area contributed by atoms with E-state index in [2.05, 4.69) is 57.3 Å². The average molecular weight is 206 g/mol. The molecule has 1 atom stereocenters. The van der Waals surface area contributed by atoms with E-state index in [1.54, 1.807) is 0 Å². The summed E-state index contributed by atoms with van der Waals surface area (Å²) >= 11 is 0. The van der Waals surface area contributed by atoms with E-state index in [4.69, 9.17) is 5.73 Å². The van der Waals surface area contributed by atoms with E-state index in [1.807, 2.05) is 0 Å². The normalized spacial score (nSPS) is 13.9. The monoisotopic (exact) mass is 206 g/mol. The lowest BCUT2D eigenvalue weighted by molar-refractivity contribution is 0.366. The summed E-state index contributed by atoms with van der Waals surface area (Å²) in [6.07, 6.45) is 0. The van der Waals surface area contributed by atoms with Crippen LogP contribution in [0.2, 0.25) is 0 Å². The maximum atomic E-state index is 5.82. The lowest BCUT2D eigenvalue weighted by Crippen LogP contribution is -2.42. The number of nitrogens with one attached hydrogen (secondary N) is 1. The van der Waals surface area contributed by atoms with E-state index >= 15 is 0 Å². The number of benzene rings is 1. The first-order chi connectivity index (χ1) is 6.94. The Balaban J connectivity index is 2.88. The highest BCUT2D eigenvalue weighted by Crippen LogP contribution is 2.19. The van der Waals surface area contributed by atoms with Gasteiger partial charge in [0, 0.05) is 18.1 Å². The smallest absolute Gasteiger partial charge is 0.0451 e. The van der Waals surface area contributed by atoms with Gasteiger partial charge in [-0.05, 0) is 38.8 Å². The molecule has 0 spiro atoms. The van der Waals surface area contributed by atoms with Gasteiger partial charge >= 0.3 is 0 Å². The van der Waals surface area contributed by atoms with Crippen molar-refractivity contribution in [2.24, 2.45) is 5.73 Å². The molecule has 0 amide bonds. The quantitative estimate of drug-likeness (QED) is 0.797. The molecule has 0 aliphatic carbocycles. The lowest BCUT2D eigenvalue weighted by atomic mass is 9.98. The summed E-state index contributed by atoms with van der Waals surface area (Å²) in [7, 11) is 0. The van der Waals surface area contributed by atoms with Gasteiger partial charge in [0.2, 0.25) is 0 Å². The highest BCUT2D eigenvalue weighted by atomic mass is 15.0. The van der Waals surface area contributed by atoms with Crippen LogP contribution < -0.4 is 11.1 Å². The van der Waals surface area contributed by atoms with Gasteiger partial charge in [0.15, 0.2) is 0 Å². The van der Waals surface area contributed by atoms with Crippen molar-refractivity contribution in [2.75, 3.05) is 6.54 Å². The summed E-state index contributed by atoms with van der Waals surface area (Å²) in [5, 5.41) is 3.54. The first-order valence-electron chi connectivity index (χ1n) is 5.47. The summed E-state index contributed by atoms with van der Waals surface area (Å²) < 4.78 is 0. The minimum absolute atomic E-state index is 0.0896. The molecule has 0 heterocycles. The molecule has 0 saturated heterocycles. The van der Waals surface area contributed by atoms with Crippen LogP contribution >= 0.6 is 0 Å². The molecule has 0 aromatic heterocycles. The van der Waals surface area contributed by atoms with Gasteiger partial charge in [0.05, 0.1) is 0 Å². The van der Waals surface area contributed by atoms with Gasteiger partial charge in [-0.25, -0.2) is 0 Å². The second-order valence-electron chi connectivity index (χ2n) is 5.04. The van der Waals surface area contributed by atoms with Crippen LogP contribution in [0.5, 0.6) is 0 Å². The number of hydrogen-bond donors (Lipinski definition) is 2. The van der Waals surface area contributed by atoms with Crippen LogP contribution in [0.4, 0.5) is 0 Å². The highest BCUT2D eigenvalue weighted by Gasteiger charge is 2.18. The Bertz CT molecular complexity index is 313. The molecule has 1 rings (SSSR count). The zero-order valence-electron chi connectivity index (χ0n) is 10.2. The van der Waals surface area contributed by atoms with E-state index in [1.165, 1.54) is 11.1 Å². The fourth-order valence-corrected chi connectivity index (χ4v) is 1.76. The minimum atomic E-state index is 0.0896. The largest absolute Gasteiger partial charge is 0.329 e. The second kappa shape index (κ2) is 4.77. The molecule has 0 radical (unpaired) electrons. The van der Waals surface area contributed by atoms with Crippen LogP contribution in [0.3, 0.4) is 0 Å². The third-order valence-electron chi connectivity index (χ3n) is 2.41. The van der Waals surface area contributed by atoms with E-state index in [0.717, 1.165) is 0 Å². The molecule has 2 nitrogen and oxygen atoms in total. The fourth-order valence-electron chi connectivity index (χ4n) is 1.76. The minimum Gasteiger partial charge on any atom is -0.329 e. The molecule has 84 valence electrons. The fraction of sp³-hybridized carbons (Fsp3) is 0.538. The van der Waals surface area contributed by atoms with Crippen LogP contribution in [-0.4, -0.2) is 12.1 Å². The predicted molar refractivity (Wildman–Crippen MR) is 65.9 cm³/mol. The number of nitrogens with two attached hydrogens (primary N) is 1. The second-order valence-corrected chi connectivity index (χ2v) is 5.04. The summed E-state index contributed by atoms with van der Waals surface area (Å²) in [5.41, 5.74) is 8.50. The zero-order chi connectivity index (χ0) is 11.5. The molecule has 1 unspecified atom stereocenters. The van der Waals surface area contributed by atoms with Crippen LogP contribution in [0.15, 0.2) is 24.3 Å². The summed E-state index contributed by atoms with van der Waals surface area (Å²) in [6.45, 7) is 9.24. The maximum Gasteiger partial charge on any atom is 0.0451 e. The Morgan fingerprint density at radius 3 is 2.33 bits per heavy atom. The lowest BCUT2D eigenvalue weighted by Gasteiger charge is -2.29. The van der Waals surface area contributed by atoms with Gasteiger partial charge in [-0.15, -0.1) is 0 Å². The van der Waals surface area contributed by atoms with Crippen molar-refractivity contribution in [3.8, 4) is 0 Å². The number of hydrogen-bond acceptors (Lipinski definition) is 2. The standard InChI is InChI=1S/C13H22N2/c1-10-7-5-6-8-11(10)12(9-14)15-13(2,3)4/h5-8,12,15H,9,14H2,1-4H3. The number of aryl methyl sites for hydroxylation is 1. The molecule has 0 fully saturated rings. The van der Waals surface area contributed by atoms with Crippen molar-refractivity contribution in [3.63, 3.8) is 0 Å². The average Bonchev–Trinajstić information content (AvgIpc) is 2.14. The van der Waals surface area contributed by atoms with Gasteiger partial charge in [0.25, 0.3) is 0 Å². The van der Waals surface area contributed by atoms with Gasteiger partial charge in [-0.3, -0.25) is 0 Å². The SMILES string of the molecule is Cc1ccccc1C(CN)NC(C)(C)C. The molecular weight excluding hydrogens is 184 g/mol. The van der Waals surface area contributed by atoms with Gasteiger partial charge in [-0.1, -0.05) is 24.3 Å². The van der Waals surface area contributed by atoms with E-state index in [-0.39, 0.29) is 11.6 Å². The molecule has 0 saturated carbocycles. The van der Waals surface area contributed by atoms with E-state index < -0.39 is 0 Å². The van der Waals surface area contributed by atoms with Crippen LogP contribution in [0.25, 0.3) is 0 Å². The van der Waals surface area contributed by atoms with Crippen LogP contribution in [0, 0.1) is 6.92 Å². The van der Waals surface area contributed by atoms with Gasteiger partial charge in [-0.2, -0.15) is 0 Å². The van der Waals surface area contributed by atoms with Crippen molar-refractivity contribution in [1.82, 2.24) is 5.32 Å². The van der Waals surface area contributed by atoms with Gasteiger partial charge in [0.1, 0.15) is 0 Å². The molecule has 3 N–H and O–H groups in total. The highest BCUT2D eigenvalue weighted by molar-refractivity contribution is 5.29. The van der Waals surface area contributed by atoms with E-state index in [9.17, 15) is 0 Å². The Morgan fingerprint density at radius 2 is 1.87 bits per heavy atom. The molecule has 1 aromatic rings. The first kappa shape index (κ1) is 12.2. The van der Waals surface area contributed by atoms with E-state index in [0.29, 0.717) is 6.54 Å². The van der Waals surface area contributed by atoms with Crippen molar-refractivity contribution < 1.29 is 0 Å². The van der Waals surface area contributed by atoms with Crippen LogP contribution in [-0.2, 0) is 0 Å². The summed E-state index contributed by atoms with van der Waals surface area (Å²) in [5.74, 6) is 0. The topological polar surface area (TPSA) is 38.0 Å². The Labute approximate surface area is 92.9 Å². The molecule has 0 bridgehead atoms. The summed E-state index contributed by atoms with van der Waals surface area (Å²) in [4.78, 5) is 0. The maximum absolute atomic E-state index is 5.82. The Hall–Kier alpha value is -0.860. The van der Waals surface area contributed by atoms with Crippen molar-refractivity contribution in [3.05, 3.63) is 35.4 Å². The molecule has 2 heteroatoms. The predicted octanol–water partition coefficient (Wildman–Crippen LogP) is 2.38. The van der Waals surface area contributed by atoms with Crippen LogP contribution in [0.1, 0.15) is 37.9 Å². The number of rotatable bonds is 3. The molecule has 0 aliphatic heterocycles. The first-order valence-corrected chi connectivity index (χ1v) is 5.47. The van der Waals surface area contributed by atoms with Gasteiger partial charge < -0.3 is 11.1 Å². The van der Waals surface area contributed by atoms with Crippen molar-refractivity contribution in [1.29, 1.82) is 0 Å². The molecular formula is C13H22N2. The third-order valence-corrected chi connectivity index (χ3v) is 2.41. The third kappa shape index (κ3) is 3.65. The van der Waals surface area contributed by atoms with Crippen molar-refractivity contribution in [2.45, 2.75) is 39.3 Å². The summed E-state index contributed by atoms with van der Waals surface area (Å²) in [6, 6.07) is 8.64. The molecule has 1 aromatic carbocycles. The zero-order valence-corrected chi connectivity index (χ0v) is 10.2.